The average Bonchev–Trinajstić information content (AvgIpc) is 3.14. The predicted octanol–water partition coefficient (Wildman–Crippen LogP) is 3.50. The van der Waals surface area contributed by atoms with Gasteiger partial charge in [0.15, 0.2) is 4.34 Å². The molecule has 0 saturated carbocycles. The van der Waals surface area contributed by atoms with Crippen molar-refractivity contribution in [3.05, 3.63) is 30.1 Å². The predicted molar refractivity (Wildman–Crippen MR) is 102 cm³/mol. The summed E-state index contributed by atoms with van der Waals surface area (Å²) in [6, 6.07) is 7.87. The molecule has 0 aliphatic rings. The second kappa shape index (κ2) is 8.00. The normalized spacial score (nSPS) is 11.1. The van der Waals surface area contributed by atoms with Gasteiger partial charge in [-0.3, -0.25) is 10.1 Å². The van der Waals surface area contributed by atoms with E-state index < -0.39 is 0 Å². The van der Waals surface area contributed by atoms with Gasteiger partial charge in [-0.2, -0.15) is 11.8 Å². The van der Waals surface area contributed by atoms with Crippen LogP contribution < -0.4 is 5.32 Å². The zero-order valence-corrected chi connectivity index (χ0v) is 15.8. The molecule has 3 aromatic rings. The number of imidazole rings is 1. The van der Waals surface area contributed by atoms with Crippen molar-refractivity contribution in [2.75, 3.05) is 17.3 Å². The van der Waals surface area contributed by atoms with Gasteiger partial charge in [0.05, 0.1) is 16.8 Å². The van der Waals surface area contributed by atoms with E-state index in [-0.39, 0.29) is 12.5 Å². The molecule has 1 amide bonds. The first kappa shape index (κ1) is 17.2. The summed E-state index contributed by atoms with van der Waals surface area (Å²) in [6.45, 7) is 2.27. The van der Waals surface area contributed by atoms with Crippen LogP contribution in [0.1, 0.15) is 12.7 Å². The molecule has 0 spiro atoms. The second-order valence-electron chi connectivity index (χ2n) is 4.89. The number of anilines is 1. The number of fused-ring (bicyclic) bond motifs is 1. The molecule has 0 bridgehead atoms. The Morgan fingerprint density at radius 2 is 2.17 bits per heavy atom. The summed E-state index contributed by atoms with van der Waals surface area (Å²) in [5.41, 5.74) is 1.88. The van der Waals surface area contributed by atoms with Crippen LogP contribution in [0.2, 0.25) is 0 Å². The third-order valence-corrected chi connectivity index (χ3v) is 5.63. The van der Waals surface area contributed by atoms with Gasteiger partial charge in [0, 0.05) is 0 Å². The average molecular weight is 380 g/mol. The number of rotatable bonds is 7. The molecule has 2 aromatic heterocycles. The van der Waals surface area contributed by atoms with E-state index in [9.17, 15) is 4.79 Å². The standard InChI is InChI=1S/C15H17N5OS3/c1-3-23-15-19-18-14(24-15)17-13(21)8-20-11-7-5-4-6-10(11)16-12(20)9-22-2/h4-7H,3,8-9H2,1-2H3,(H,17,18,21). The molecule has 1 aromatic carbocycles. The molecular formula is C15H17N5OS3. The van der Waals surface area contributed by atoms with E-state index in [0.717, 1.165) is 32.7 Å². The smallest absolute Gasteiger partial charge is 0.246 e. The summed E-state index contributed by atoms with van der Waals surface area (Å²) in [4.78, 5) is 17.0. The number of nitrogens with one attached hydrogen (secondary N) is 1. The van der Waals surface area contributed by atoms with Gasteiger partial charge in [-0.05, 0) is 24.1 Å². The second-order valence-corrected chi connectivity index (χ2v) is 8.24. The number of para-hydroxylation sites is 2. The van der Waals surface area contributed by atoms with E-state index in [4.69, 9.17) is 0 Å². The van der Waals surface area contributed by atoms with Crippen LogP contribution in [0.4, 0.5) is 5.13 Å². The number of nitrogens with zero attached hydrogens (tertiary/aromatic N) is 4. The van der Waals surface area contributed by atoms with Gasteiger partial charge in [0.1, 0.15) is 12.4 Å². The van der Waals surface area contributed by atoms with Gasteiger partial charge in [0.2, 0.25) is 11.0 Å². The van der Waals surface area contributed by atoms with Crippen molar-refractivity contribution in [1.29, 1.82) is 0 Å². The minimum atomic E-state index is -0.121. The van der Waals surface area contributed by atoms with Crippen molar-refractivity contribution in [3.63, 3.8) is 0 Å². The molecule has 0 saturated heterocycles. The lowest BCUT2D eigenvalue weighted by Crippen LogP contribution is -2.20. The van der Waals surface area contributed by atoms with E-state index in [1.54, 1.807) is 23.5 Å². The third kappa shape index (κ3) is 3.90. The first-order valence-corrected chi connectivity index (χ1v) is 10.6. The van der Waals surface area contributed by atoms with Crippen molar-refractivity contribution in [1.82, 2.24) is 19.7 Å². The highest BCUT2D eigenvalue weighted by molar-refractivity contribution is 8.01. The van der Waals surface area contributed by atoms with Crippen LogP contribution in [0.25, 0.3) is 11.0 Å². The Morgan fingerprint density at radius 3 is 2.96 bits per heavy atom. The van der Waals surface area contributed by atoms with Gasteiger partial charge < -0.3 is 4.57 Å². The summed E-state index contributed by atoms with van der Waals surface area (Å²) in [6.07, 6.45) is 2.03. The lowest BCUT2D eigenvalue weighted by molar-refractivity contribution is -0.116. The van der Waals surface area contributed by atoms with Crippen LogP contribution in [0.3, 0.4) is 0 Å². The van der Waals surface area contributed by atoms with Crippen LogP contribution >= 0.6 is 34.9 Å². The minimum absolute atomic E-state index is 0.121. The van der Waals surface area contributed by atoms with E-state index in [2.05, 4.69) is 27.4 Å². The molecule has 126 valence electrons. The summed E-state index contributed by atoms with van der Waals surface area (Å²) in [7, 11) is 0. The summed E-state index contributed by atoms with van der Waals surface area (Å²) in [5, 5.41) is 11.4. The molecular weight excluding hydrogens is 362 g/mol. The van der Waals surface area contributed by atoms with Crippen LogP contribution in [-0.4, -0.2) is 37.7 Å². The fourth-order valence-electron chi connectivity index (χ4n) is 2.29. The quantitative estimate of drug-likeness (QED) is 0.500. The highest BCUT2D eigenvalue weighted by atomic mass is 32.2. The fraction of sp³-hybridized carbons (Fsp3) is 0.333. The first-order chi connectivity index (χ1) is 11.7. The molecule has 9 heteroatoms. The van der Waals surface area contributed by atoms with Crippen molar-refractivity contribution in [3.8, 4) is 0 Å². The molecule has 0 aliphatic carbocycles. The zero-order valence-electron chi connectivity index (χ0n) is 13.4. The van der Waals surface area contributed by atoms with Crippen LogP contribution in [0.5, 0.6) is 0 Å². The molecule has 24 heavy (non-hydrogen) atoms. The van der Waals surface area contributed by atoms with Crippen molar-refractivity contribution >= 4 is 56.9 Å². The maximum atomic E-state index is 12.4. The number of carbonyl (C=O) groups excluding carboxylic acids is 1. The summed E-state index contributed by atoms with van der Waals surface area (Å²) >= 11 is 4.70. The van der Waals surface area contributed by atoms with Gasteiger partial charge in [-0.15, -0.1) is 10.2 Å². The van der Waals surface area contributed by atoms with Gasteiger partial charge in [-0.1, -0.05) is 42.2 Å². The molecule has 0 unspecified atom stereocenters. The summed E-state index contributed by atoms with van der Waals surface area (Å²) in [5.74, 6) is 2.47. The molecule has 0 fully saturated rings. The molecule has 3 rings (SSSR count). The van der Waals surface area contributed by atoms with Crippen molar-refractivity contribution in [2.45, 2.75) is 23.6 Å². The maximum Gasteiger partial charge on any atom is 0.246 e. The topological polar surface area (TPSA) is 72.7 Å². The third-order valence-electron chi connectivity index (χ3n) is 3.23. The maximum absolute atomic E-state index is 12.4. The highest BCUT2D eigenvalue weighted by Crippen LogP contribution is 2.25. The molecule has 2 heterocycles. The molecule has 0 radical (unpaired) electrons. The van der Waals surface area contributed by atoms with E-state index in [1.165, 1.54) is 11.3 Å². The van der Waals surface area contributed by atoms with E-state index >= 15 is 0 Å². The summed E-state index contributed by atoms with van der Waals surface area (Å²) < 4.78 is 2.83. The number of benzene rings is 1. The number of amides is 1. The largest absolute Gasteiger partial charge is 0.318 e. The van der Waals surface area contributed by atoms with E-state index in [1.807, 2.05) is 35.1 Å². The monoisotopic (exact) mass is 379 g/mol. The van der Waals surface area contributed by atoms with Gasteiger partial charge in [0.25, 0.3) is 0 Å². The number of hydrogen-bond donors (Lipinski definition) is 1. The Morgan fingerprint density at radius 1 is 1.33 bits per heavy atom. The molecule has 6 nitrogen and oxygen atoms in total. The van der Waals surface area contributed by atoms with E-state index in [0.29, 0.717) is 5.13 Å². The molecule has 0 atom stereocenters. The Labute approximate surface area is 152 Å². The van der Waals surface area contributed by atoms with Crippen LogP contribution in [0.15, 0.2) is 28.6 Å². The Balaban J connectivity index is 1.77. The minimum Gasteiger partial charge on any atom is -0.318 e. The SMILES string of the molecule is CCSc1nnc(NC(=O)Cn2c(CSC)nc3ccccc32)s1. The fourth-order valence-corrected chi connectivity index (χ4v) is 4.43. The Kier molecular flexibility index (Phi) is 5.75. The van der Waals surface area contributed by atoms with Crippen LogP contribution in [-0.2, 0) is 17.1 Å². The lowest BCUT2D eigenvalue weighted by atomic mass is 10.3. The van der Waals surface area contributed by atoms with Crippen molar-refractivity contribution < 1.29 is 4.79 Å². The van der Waals surface area contributed by atoms with Gasteiger partial charge >= 0.3 is 0 Å². The highest BCUT2D eigenvalue weighted by Gasteiger charge is 2.14. The lowest BCUT2D eigenvalue weighted by Gasteiger charge is -2.08. The molecule has 0 aliphatic heterocycles. The number of hydrogen-bond acceptors (Lipinski definition) is 7. The van der Waals surface area contributed by atoms with Crippen molar-refractivity contribution in [2.24, 2.45) is 0 Å². The number of carbonyl (C=O) groups is 1. The zero-order chi connectivity index (χ0) is 16.9. The Bertz CT molecular complexity index is 845. The molecule has 1 N–H and O–H groups in total. The van der Waals surface area contributed by atoms with Crippen LogP contribution in [0, 0.1) is 0 Å². The van der Waals surface area contributed by atoms with Gasteiger partial charge in [-0.25, -0.2) is 4.98 Å². The number of thioether (sulfide) groups is 2. The number of aromatic nitrogens is 4. The Hall–Kier alpha value is -1.58. The first-order valence-electron chi connectivity index (χ1n) is 7.40.